The summed E-state index contributed by atoms with van der Waals surface area (Å²) in [5, 5.41) is 0. The van der Waals surface area contributed by atoms with E-state index in [0.29, 0.717) is 33.0 Å². The zero-order chi connectivity index (χ0) is 12.5. The van der Waals surface area contributed by atoms with Crippen LogP contribution in [0.2, 0.25) is 0 Å². The minimum Gasteiger partial charge on any atom is -0.491 e. The van der Waals surface area contributed by atoms with E-state index in [4.69, 9.17) is 19.9 Å². The third kappa shape index (κ3) is 4.73. The molecule has 0 amide bonds. The van der Waals surface area contributed by atoms with Gasteiger partial charge in [0.15, 0.2) is 0 Å². The van der Waals surface area contributed by atoms with Gasteiger partial charge in [0, 0.05) is 19.2 Å². The van der Waals surface area contributed by atoms with Gasteiger partial charge in [-0.15, -0.1) is 0 Å². The second-order valence-corrected chi connectivity index (χ2v) is 3.72. The molecule has 1 aromatic carbocycles. The summed E-state index contributed by atoms with van der Waals surface area (Å²) in [7, 11) is 1.65. The summed E-state index contributed by atoms with van der Waals surface area (Å²) in [6.07, 6.45) is 0. The molecule has 0 spiro atoms. The van der Waals surface area contributed by atoms with Crippen molar-refractivity contribution in [3.63, 3.8) is 0 Å². The van der Waals surface area contributed by atoms with Crippen LogP contribution in [0, 0.1) is 6.92 Å². The van der Waals surface area contributed by atoms with Crippen LogP contribution in [0.4, 0.5) is 0 Å². The maximum absolute atomic E-state index is 5.69. The van der Waals surface area contributed by atoms with Crippen LogP contribution in [0.1, 0.15) is 11.1 Å². The second kappa shape index (κ2) is 8.06. The van der Waals surface area contributed by atoms with Gasteiger partial charge in [0.25, 0.3) is 0 Å². The van der Waals surface area contributed by atoms with E-state index in [2.05, 4.69) is 0 Å². The zero-order valence-corrected chi connectivity index (χ0v) is 10.6. The first-order valence-electron chi connectivity index (χ1n) is 5.77. The zero-order valence-electron chi connectivity index (χ0n) is 10.6. The Labute approximate surface area is 103 Å². The first-order chi connectivity index (χ1) is 8.29. The van der Waals surface area contributed by atoms with Crippen molar-refractivity contribution in [2.45, 2.75) is 13.5 Å². The highest BCUT2D eigenvalue weighted by molar-refractivity contribution is 5.40. The van der Waals surface area contributed by atoms with Crippen LogP contribution < -0.4 is 10.5 Å². The second-order valence-electron chi connectivity index (χ2n) is 3.72. The molecular formula is C13H21NO3. The number of rotatable bonds is 8. The van der Waals surface area contributed by atoms with Crippen molar-refractivity contribution in [3.05, 3.63) is 29.3 Å². The van der Waals surface area contributed by atoms with Crippen LogP contribution in [0.3, 0.4) is 0 Å². The van der Waals surface area contributed by atoms with Gasteiger partial charge in [0.1, 0.15) is 12.4 Å². The van der Waals surface area contributed by atoms with E-state index in [9.17, 15) is 0 Å². The number of hydrogen-bond donors (Lipinski definition) is 1. The largest absolute Gasteiger partial charge is 0.491 e. The molecular weight excluding hydrogens is 218 g/mol. The van der Waals surface area contributed by atoms with Gasteiger partial charge in [-0.1, -0.05) is 18.2 Å². The Balaban J connectivity index is 2.35. The van der Waals surface area contributed by atoms with Crippen LogP contribution in [0.25, 0.3) is 0 Å². The monoisotopic (exact) mass is 239 g/mol. The molecule has 1 aromatic rings. The average molecular weight is 239 g/mol. The van der Waals surface area contributed by atoms with Crippen molar-refractivity contribution in [2.75, 3.05) is 33.5 Å². The molecule has 0 radical (unpaired) electrons. The lowest BCUT2D eigenvalue weighted by atomic mass is 10.1. The highest BCUT2D eigenvalue weighted by Crippen LogP contribution is 2.22. The lowest BCUT2D eigenvalue weighted by molar-refractivity contribution is 0.0541. The third-order valence-electron chi connectivity index (χ3n) is 2.42. The summed E-state index contributed by atoms with van der Waals surface area (Å²) in [4.78, 5) is 0. The van der Waals surface area contributed by atoms with Crippen molar-refractivity contribution in [1.29, 1.82) is 0 Å². The molecule has 4 nitrogen and oxygen atoms in total. The fraction of sp³-hybridized carbons (Fsp3) is 0.538. The predicted molar refractivity (Wildman–Crippen MR) is 67.3 cm³/mol. The average Bonchev–Trinajstić information content (AvgIpc) is 2.35. The maximum Gasteiger partial charge on any atom is 0.126 e. The normalized spacial score (nSPS) is 10.5. The lowest BCUT2D eigenvalue weighted by Gasteiger charge is -2.13. The minimum atomic E-state index is 0.488. The Morgan fingerprint density at radius 1 is 1.12 bits per heavy atom. The molecule has 1 rings (SSSR count). The van der Waals surface area contributed by atoms with Gasteiger partial charge in [-0.05, 0) is 12.5 Å². The molecule has 0 unspecified atom stereocenters. The first kappa shape index (κ1) is 14.0. The Hall–Kier alpha value is -1.10. The van der Waals surface area contributed by atoms with E-state index in [-0.39, 0.29) is 0 Å². The molecule has 17 heavy (non-hydrogen) atoms. The van der Waals surface area contributed by atoms with E-state index >= 15 is 0 Å². The highest BCUT2D eigenvalue weighted by Gasteiger charge is 2.04. The molecule has 2 N–H and O–H groups in total. The molecule has 0 aliphatic rings. The summed E-state index contributed by atoms with van der Waals surface area (Å²) >= 11 is 0. The van der Waals surface area contributed by atoms with E-state index in [1.54, 1.807) is 7.11 Å². The predicted octanol–water partition coefficient (Wildman–Crippen LogP) is 1.50. The number of methoxy groups -OCH3 is 1. The summed E-state index contributed by atoms with van der Waals surface area (Å²) < 4.78 is 15.9. The van der Waals surface area contributed by atoms with Crippen molar-refractivity contribution < 1.29 is 14.2 Å². The molecule has 0 aliphatic heterocycles. The number of hydrogen-bond acceptors (Lipinski definition) is 4. The third-order valence-corrected chi connectivity index (χ3v) is 2.42. The van der Waals surface area contributed by atoms with Gasteiger partial charge in [-0.25, -0.2) is 0 Å². The Kier molecular flexibility index (Phi) is 6.62. The molecule has 0 saturated heterocycles. The minimum absolute atomic E-state index is 0.488. The number of benzene rings is 1. The number of aryl methyl sites for hydroxylation is 1. The van der Waals surface area contributed by atoms with Crippen LogP contribution in [0.15, 0.2) is 18.2 Å². The number of ether oxygens (including phenoxy) is 3. The van der Waals surface area contributed by atoms with E-state index in [1.807, 2.05) is 25.1 Å². The number of nitrogens with two attached hydrogens (primary N) is 1. The van der Waals surface area contributed by atoms with Crippen molar-refractivity contribution >= 4 is 0 Å². The summed E-state index contributed by atoms with van der Waals surface area (Å²) in [5.41, 5.74) is 7.79. The molecule has 0 heterocycles. The summed E-state index contributed by atoms with van der Waals surface area (Å²) in [6, 6.07) is 5.98. The van der Waals surface area contributed by atoms with Gasteiger partial charge in [-0.3, -0.25) is 0 Å². The van der Waals surface area contributed by atoms with Crippen LogP contribution >= 0.6 is 0 Å². The van der Waals surface area contributed by atoms with Gasteiger partial charge in [-0.2, -0.15) is 0 Å². The van der Waals surface area contributed by atoms with Gasteiger partial charge < -0.3 is 19.9 Å². The topological polar surface area (TPSA) is 53.7 Å². The molecule has 0 atom stereocenters. The van der Waals surface area contributed by atoms with Gasteiger partial charge in [0.2, 0.25) is 0 Å². The van der Waals surface area contributed by atoms with Crippen LogP contribution in [0.5, 0.6) is 5.75 Å². The molecule has 0 aliphatic carbocycles. The SMILES string of the molecule is COCCOCCOc1c(C)cccc1CN. The molecule has 96 valence electrons. The molecule has 0 fully saturated rings. The Bertz CT molecular complexity index is 328. The molecule has 0 aromatic heterocycles. The van der Waals surface area contributed by atoms with Crippen molar-refractivity contribution in [2.24, 2.45) is 5.73 Å². The smallest absolute Gasteiger partial charge is 0.126 e. The van der Waals surface area contributed by atoms with E-state index in [1.165, 1.54) is 0 Å². The van der Waals surface area contributed by atoms with Gasteiger partial charge >= 0.3 is 0 Å². The lowest BCUT2D eigenvalue weighted by Crippen LogP contribution is -2.12. The Morgan fingerprint density at radius 3 is 2.59 bits per heavy atom. The Morgan fingerprint density at radius 2 is 1.88 bits per heavy atom. The fourth-order valence-electron chi connectivity index (χ4n) is 1.53. The molecule has 4 heteroatoms. The van der Waals surface area contributed by atoms with E-state index in [0.717, 1.165) is 16.9 Å². The first-order valence-corrected chi connectivity index (χ1v) is 5.77. The number of para-hydroxylation sites is 1. The van der Waals surface area contributed by atoms with Gasteiger partial charge in [0.05, 0.1) is 19.8 Å². The molecule has 0 saturated carbocycles. The van der Waals surface area contributed by atoms with Crippen molar-refractivity contribution in [3.8, 4) is 5.75 Å². The van der Waals surface area contributed by atoms with E-state index < -0.39 is 0 Å². The summed E-state index contributed by atoms with van der Waals surface area (Å²) in [6.45, 7) is 4.79. The maximum atomic E-state index is 5.69. The standard InChI is InChI=1S/C13H21NO3/c1-11-4-3-5-12(10-14)13(11)17-9-8-16-7-6-15-2/h3-5H,6-10,14H2,1-2H3. The summed E-state index contributed by atoms with van der Waals surface area (Å²) in [5.74, 6) is 0.880. The highest BCUT2D eigenvalue weighted by atomic mass is 16.5. The fourth-order valence-corrected chi connectivity index (χ4v) is 1.53. The quantitative estimate of drug-likeness (QED) is 0.698. The van der Waals surface area contributed by atoms with Crippen molar-refractivity contribution in [1.82, 2.24) is 0 Å². The van der Waals surface area contributed by atoms with Crippen LogP contribution in [-0.2, 0) is 16.0 Å². The van der Waals surface area contributed by atoms with Crippen LogP contribution in [-0.4, -0.2) is 33.5 Å². The molecule has 0 bridgehead atoms.